The van der Waals surface area contributed by atoms with Crippen molar-refractivity contribution in [3.8, 4) is 0 Å². The van der Waals surface area contributed by atoms with Gasteiger partial charge in [-0.1, -0.05) is 6.92 Å². The zero-order valence-corrected chi connectivity index (χ0v) is 11.0. The maximum Gasteiger partial charge on any atom is 0.706 e. The van der Waals surface area contributed by atoms with E-state index in [4.69, 9.17) is 17.9 Å². The van der Waals surface area contributed by atoms with Gasteiger partial charge in [0.1, 0.15) is 0 Å². The average Bonchev–Trinajstić information content (AvgIpc) is 2.13. The Kier molecular flexibility index (Phi) is 6.85. The maximum absolute atomic E-state index is 5.29. The highest BCUT2D eigenvalue weighted by Crippen LogP contribution is 2.09. The fraction of sp³-hybridized carbons (Fsp3) is 1.00. The topological polar surface area (TPSA) is 46.2 Å². The predicted octanol–water partition coefficient (Wildman–Crippen LogP) is -0.630. The molecule has 0 saturated heterocycles. The van der Waals surface area contributed by atoms with Crippen molar-refractivity contribution in [1.29, 1.82) is 0 Å². The Bertz CT molecular complexity index is 108. The quantitative estimate of drug-likeness (QED) is 0.319. The van der Waals surface area contributed by atoms with Gasteiger partial charge in [-0.3, -0.25) is 0 Å². The number of hydrogen-bond donors (Lipinski definition) is 0. The summed E-state index contributed by atoms with van der Waals surface area (Å²) in [6.45, 7) is 2.53. The lowest BCUT2D eigenvalue weighted by molar-refractivity contribution is -0.191. The smallest absolute Gasteiger partial charge is 0.353 e. The monoisotopic (exact) mass is 212 g/mol. The van der Waals surface area contributed by atoms with Gasteiger partial charge in [0.25, 0.3) is 0 Å². The first kappa shape index (κ1) is 12.2. The van der Waals surface area contributed by atoms with Crippen LogP contribution in [0, 0.1) is 0 Å². The molecule has 0 saturated carbocycles. The molecule has 0 aromatic rings. The fourth-order valence-electron chi connectivity index (χ4n) is 0.622. The zero-order chi connectivity index (χ0) is 9.45. The Morgan fingerprint density at radius 1 is 1.25 bits per heavy atom. The van der Waals surface area contributed by atoms with Gasteiger partial charge in [0, 0.05) is 20.8 Å². The van der Waals surface area contributed by atoms with E-state index in [1.165, 1.54) is 14.2 Å². The summed E-state index contributed by atoms with van der Waals surface area (Å²) in [6.07, 6.45) is 0.881. The molecule has 0 fully saturated rings. The molecule has 0 radical (unpaired) electrons. The summed E-state index contributed by atoms with van der Waals surface area (Å²) in [5, 5.41) is 0. The molecule has 0 aromatic carbocycles. The van der Waals surface area contributed by atoms with Crippen LogP contribution in [-0.2, 0) is 22.4 Å². The minimum Gasteiger partial charge on any atom is -0.353 e. The van der Waals surface area contributed by atoms with Crippen molar-refractivity contribution < 1.29 is 22.4 Å². The SMILES string of the molecule is CCCO[Si](OC)(OC)OO[SiH3]. The highest BCUT2D eigenvalue weighted by molar-refractivity contribution is 6.53. The summed E-state index contributed by atoms with van der Waals surface area (Å²) in [5.74, 6) is 0. The van der Waals surface area contributed by atoms with E-state index in [0.717, 1.165) is 6.42 Å². The van der Waals surface area contributed by atoms with Crippen molar-refractivity contribution >= 4 is 19.5 Å². The van der Waals surface area contributed by atoms with E-state index in [1.807, 2.05) is 6.92 Å². The molecule has 0 N–H and O–H groups in total. The summed E-state index contributed by atoms with van der Waals surface area (Å²) in [7, 11) is 0.464. The zero-order valence-electron chi connectivity index (χ0n) is 7.96. The minimum absolute atomic E-state index is 0.460. The van der Waals surface area contributed by atoms with Crippen LogP contribution in [0.5, 0.6) is 0 Å². The van der Waals surface area contributed by atoms with Gasteiger partial charge in [-0.2, -0.15) is 0 Å². The molecule has 0 aliphatic carbocycles. The lowest BCUT2D eigenvalue weighted by Crippen LogP contribution is -2.47. The second kappa shape index (κ2) is 6.72. The minimum atomic E-state index is -2.95. The van der Waals surface area contributed by atoms with Crippen LogP contribution in [0.2, 0.25) is 0 Å². The third-order valence-corrected chi connectivity index (χ3v) is 3.60. The van der Waals surface area contributed by atoms with Crippen molar-refractivity contribution in [2.45, 2.75) is 13.3 Å². The molecule has 0 unspecified atom stereocenters. The van der Waals surface area contributed by atoms with Crippen LogP contribution in [0.4, 0.5) is 0 Å². The van der Waals surface area contributed by atoms with Gasteiger partial charge in [0.15, 0.2) is 10.5 Å². The summed E-state index contributed by atoms with van der Waals surface area (Å²) in [5.41, 5.74) is 0. The van der Waals surface area contributed by atoms with Crippen LogP contribution in [0.1, 0.15) is 13.3 Å². The molecule has 0 spiro atoms. The van der Waals surface area contributed by atoms with Gasteiger partial charge < -0.3 is 17.9 Å². The molecule has 5 nitrogen and oxygen atoms in total. The van der Waals surface area contributed by atoms with Gasteiger partial charge in [-0.25, -0.2) is 4.58 Å². The van der Waals surface area contributed by atoms with Crippen LogP contribution in [-0.4, -0.2) is 40.4 Å². The average molecular weight is 212 g/mol. The van der Waals surface area contributed by atoms with Gasteiger partial charge in [0.2, 0.25) is 0 Å². The van der Waals surface area contributed by atoms with Crippen molar-refractivity contribution in [2.24, 2.45) is 0 Å². The first-order valence-electron chi connectivity index (χ1n) is 3.70. The standard InChI is InChI=1S/C5H16O5Si2/c1-4-5-8-12(6-2,7-3)10-9-11/h4-5H2,1-3,11H3. The van der Waals surface area contributed by atoms with E-state index in [1.54, 1.807) is 0 Å². The largest absolute Gasteiger partial charge is 0.706 e. The van der Waals surface area contributed by atoms with Gasteiger partial charge >= 0.3 is 9.05 Å². The highest BCUT2D eigenvalue weighted by Gasteiger charge is 2.44. The molecule has 0 rings (SSSR count). The Morgan fingerprint density at radius 2 is 1.83 bits per heavy atom. The van der Waals surface area contributed by atoms with E-state index in [-0.39, 0.29) is 0 Å². The van der Waals surface area contributed by atoms with E-state index in [9.17, 15) is 0 Å². The van der Waals surface area contributed by atoms with E-state index < -0.39 is 9.05 Å². The highest BCUT2D eigenvalue weighted by atomic mass is 28.4. The van der Waals surface area contributed by atoms with Crippen molar-refractivity contribution in [3.63, 3.8) is 0 Å². The van der Waals surface area contributed by atoms with Crippen molar-refractivity contribution in [2.75, 3.05) is 20.8 Å². The van der Waals surface area contributed by atoms with E-state index >= 15 is 0 Å². The lowest BCUT2D eigenvalue weighted by Gasteiger charge is -2.22. The molecule has 12 heavy (non-hydrogen) atoms. The molecular formula is C5H16O5Si2. The van der Waals surface area contributed by atoms with Crippen molar-refractivity contribution in [1.82, 2.24) is 0 Å². The van der Waals surface area contributed by atoms with Crippen LogP contribution < -0.4 is 0 Å². The number of rotatable bonds is 7. The molecule has 0 aliphatic heterocycles. The Hall–Kier alpha value is 0.234. The molecule has 74 valence electrons. The first-order chi connectivity index (χ1) is 5.74. The predicted molar refractivity (Wildman–Crippen MR) is 48.1 cm³/mol. The summed E-state index contributed by atoms with van der Waals surface area (Å²) in [4.78, 5) is 0. The summed E-state index contributed by atoms with van der Waals surface area (Å²) in [6, 6.07) is 0. The molecule has 7 heteroatoms. The molecular weight excluding hydrogens is 196 g/mol. The molecule has 0 bridgehead atoms. The molecule has 0 aromatic heterocycles. The Balaban J connectivity index is 3.95. The summed E-state index contributed by atoms with van der Waals surface area (Å²) >= 11 is 0. The fourth-order valence-corrected chi connectivity index (χ4v) is 2.48. The van der Waals surface area contributed by atoms with Crippen LogP contribution in [0.15, 0.2) is 0 Å². The van der Waals surface area contributed by atoms with Crippen molar-refractivity contribution in [3.05, 3.63) is 0 Å². The van der Waals surface area contributed by atoms with Gasteiger partial charge in [0.05, 0.1) is 0 Å². The Labute approximate surface area is 76.9 Å². The first-order valence-corrected chi connectivity index (χ1v) is 6.15. The second-order valence-electron chi connectivity index (χ2n) is 2.01. The van der Waals surface area contributed by atoms with Crippen LogP contribution >= 0.6 is 0 Å². The lowest BCUT2D eigenvalue weighted by atomic mass is 10.5. The normalized spacial score (nSPS) is 12.2. The number of hydrogen-bond acceptors (Lipinski definition) is 5. The van der Waals surface area contributed by atoms with Crippen LogP contribution in [0.25, 0.3) is 0 Å². The maximum atomic E-state index is 5.29. The second-order valence-corrected chi connectivity index (χ2v) is 4.61. The van der Waals surface area contributed by atoms with E-state index in [2.05, 4.69) is 4.58 Å². The molecule has 0 atom stereocenters. The summed E-state index contributed by atoms with van der Waals surface area (Å²) < 4.78 is 24.8. The third kappa shape index (κ3) is 3.76. The Morgan fingerprint density at radius 3 is 2.17 bits per heavy atom. The molecule has 0 aliphatic rings. The van der Waals surface area contributed by atoms with Gasteiger partial charge in [-0.05, 0) is 6.42 Å². The van der Waals surface area contributed by atoms with E-state index in [0.29, 0.717) is 17.1 Å². The molecule has 0 heterocycles. The van der Waals surface area contributed by atoms with Gasteiger partial charge in [-0.15, -0.1) is 0 Å². The molecule has 0 amide bonds. The van der Waals surface area contributed by atoms with Crippen LogP contribution in [0.3, 0.4) is 0 Å². The third-order valence-electron chi connectivity index (χ3n) is 1.17.